The van der Waals surface area contributed by atoms with Crippen molar-refractivity contribution in [3.63, 3.8) is 0 Å². The van der Waals surface area contributed by atoms with E-state index in [-0.39, 0.29) is 5.69 Å². The molecule has 0 radical (unpaired) electrons. The molecule has 0 aliphatic heterocycles. The van der Waals surface area contributed by atoms with Crippen molar-refractivity contribution in [2.45, 2.75) is 6.92 Å². The standard InChI is InChI=1S/C11H10N2O3/c1-7-8-4-3-5-12-11(8)9(13(14)15)6-10(7)16-2/h3-6H,1-2H3. The molecule has 0 unspecified atom stereocenters. The van der Waals surface area contributed by atoms with E-state index in [0.29, 0.717) is 11.3 Å². The summed E-state index contributed by atoms with van der Waals surface area (Å²) in [5, 5.41) is 11.6. The molecule has 0 fully saturated rings. The summed E-state index contributed by atoms with van der Waals surface area (Å²) in [6.07, 6.45) is 1.54. The summed E-state index contributed by atoms with van der Waals surface area (Å²) in [5.41, 5.74) is 1.22. The molecule has 5 nitrogen and oxygen atoms in total. The monoisotopic (exact) mass is 218 g/mol. The second-order valence-corrected chi connectivity index (χ2v) is 3.38. The molecule has 0 saturated carbocycles. The van der Waals surface area contributed by atoms with Crippen LogP contribution in [0.1, 0.15) is 5.56 Å². The van der Waals surface area contributed by atoms with E-state index in [0.717, 1.165) is 10.9 Å². The van der Waals surface area contributed by atoms with Crippen LogP contribution in [0.4, 0.5) is 5.69 Å². The molecule has 0 bridgehead atoms. The molecule has 1 aromatic heterocycles. The quantitative estimate of drug-likeness (QED) is 0.573. The van der Waals surface area contributed by atoms with E-state index < -0.39 is 4.92 Å². The third-order valence-corrected chi connectivity index (χ3v) is 2.51. The molecule has 0 spiro atoms. The van der Waals surface area contributed by atoms with Gasteiger partial charge in [0.25, 0.3) is 5.69 Å². The van der Waals surface area contributed by atoms with Crippen LogP contribution in [0.15, 0.2) is 24.4 Å². The van der Waals surface area contributed by atoms with Gasteiger partial charge in [0, 0.05) is 17.1 Å². The van der Waals surface area contributed by atoms with Gasteiger partial charge in [-0.05, 0) is 13.0 Å². The second-order valence-electron chi connectivity index (χ2n) is 3.38. The number of hydrogen-bond acceptors (Lipinski definition) is 4. The summed E-state index contributed by atoms with van der Waals surface area (Å²) in [6, 6.07) is 4.95. The zero-order valence-corrected chi connectivity index (χ0v) is 8.93. The van der Waals surface area contributed by atoms with Gasteiger partial charge < -0.3 is 4.74 Å². The van der Waals surface area contributed by atoms with E-state index in [9.17, 15) is 10.1 Å². The van der Waals surface area contributed by atoms with E-state index in [1.807, 2.05) is 6.92 Å². The number of rotatable bonds is 2. The molecule has 0 aliphatic carbocycles. The number of pyridine rings is 1. The fourth-order valence-electron chi connectivity index (χ4n) is 1.70. The lowest BCUT2D eigenvalue weighted by Gasteiger charge is -2.07. The third-order valence-electron chi connectivity index (χ3n) is 2.51. The largest absolute Gasteiger partial charge is 0.496 e. The Morgan fingerprint density at radius 3 is 2.88 bits per heavy atom. The number of hydrogen-bond donors (Lipinski definition) is 0. The molecular weight excluding hydrogens is 208 g/mol. The Morgan fingerprint density at radius 1 is 1.50 bits per heavy atom. The Morgan fingerprint density at radius 2 is 2.25 bits per heavy atom. The molecule has 0 N–H and O–H groups in total. The molecule has 0 aliphatic rings. The number of non-ortho nitro benzene ring substituents is 1. The summed E-state index contributed by atoms with van der Waals surface area (Å²) < 4.78 is 5.11. The van der Waals surface area contributed by atoms with Crippen LogP contribution < -0.4 is 4.74 Å². The highest BCUT2D eigenvalue weighted by molar-refractivity contribution is 5.91. The normalized spacial score (nSPS) is 10.4. The maximum Gasteiger partial charge on any atom is 0.299 e. The molecule has 0 amide bonds. The number of nitro benzene ring substituents is 1. The minimum absolute atomic E-state index is 0.0296. The van der Waals surface area contributed by atoms with Crippen LogP contribution in [0.25, 0.3) is 10.9 Å². The van der Waals surface area contributed by atoms with E-state index >= 15 is 0 Å². The second kappa shape index (κ2) is 3.77. The van der Waals surface area contributed by atoms with Gasteiger partial charge in [-0.25, -0.2) is 4.98 Å². The lowest BCUT2D eigenvalue weighted by molar-refractivity contribution is -0.383. The maximum atomic E-state index is 10.9. The highest BCUT2D eigenvalue weighted by Gasteiger charge is 2.18. The first-order chi connectivity index (χ1) is 7.65. The number of benzene rings is 1. The topological polar surface area (TPSA) is 65.3 Å². The van der Waals surface area contributed by atoms with Crippen LogP contribution in [0.2, 0.25) is 0 Å². The van der Waals surface area contributed by atoms with Crippen molar-refractivity contribution < 1.29 is 9.66 Å². The van der Waals surface area contributed by atoms with Gasteiger partial charge >= 0.3 is 0 Å². The Hall–Kier alpha value is -2.17. The SMILES string of the molecule is COc1cc([N+](=O)[O-])c2ncccc2c1C. The minimum atomic E-state index is -0.447. The number of aryl methyl sites for hydroxylation is 1. The molecule has 0 atom stereocenters. The molecule has 16 heavy (non-hydrogen) atoms. The molecule has 82 valence electrons. The molecule has 2 aromatic rings. The third kappa shape index (κ3) is 1.46. The van der Waals surface area contributed by atoms with Crippen LogP contribution >= 0.6 is 0 Å². The van der Waals surface area contributed by atoms with Crippen LogP contribution in [-0.2, 0) is 0 Å². The predicted molar refractivity (Wildman–Crippen MR) is 59.7 cm³/mol. The van der Waals surface area contributed by atoms with Crippen LogP contribution in [0.5, 0.6) is 5.75 Å². The number of aromatic nitrogens is 1. The molecule has 1 heterocycles. The van der Waals surface area contributed by atoms with Crippen molar-refractivity contribution in [1.82, 2.24) is 4.98 Å². The summed E-state index contributed by atoms with van der Waals surface area (Å²) in [7, 11) is 1.49. The smallest absolute Gasteiger partial charge is 0.299 e. The van der Waals surface area contributed by atoms with Crippen molar-refractivity contribution in [2.75, 3.05) is 7.11 Å². The fourth-order valence-corrected chi connectivity index (χ4v) is 1.70. The number of nitrogens with zero attached hydrogens (tertiary/aromatic N) is 2. The van der Waals surface area contributed by atoms with Crippen molar-refractivity contribution >= 4 is 16.6 Å². The Bertz CT molecular complexity index is 566. The lowest BCUT2D eigenvalue weighted by atomic mass is 10.1. The summed E-state index contributed by atoms with van der Waals surface area (Å²) >= 11 is 0. The van der Waals surface area contributed by atoms with E-state index in [4.69, 9.17) is 4.74 Å². The number of methoxy groups -OCH3 is 1. The fraction of sp³-hybridized carbons (Fsp3) is 0.182. The van der Waals surface area contributed by atoms with Gasteiger partial charge in [-0.3, -0.25) is 10.1 Å². The lowest BCUT2D eigenvalue weighted by Crippen LogP contribution is -1.96. The Labute approximate surface area is 91.8 Å². The highest BCUT2D eigenvalue weighted by Crippen LogP contribution is 2.33. The molecule has 5 heteroatoms. The van der Waals surface area contributed by atoms with Gasteiger partial charge in [0.05, 0.1) is 18.1 Å². The van der Waals surface area contributed by atoms with E-state index in [2.05, 4.69) is 4.98 Å². The first kappa shape index (κ1) is 10.4. The Kier molecular flexibility index (Phi) is 2.44. The van der Waals surface area contributed by atoms with Crippen molar-refractivity contribution in [3.05, 3.63) is 40.1 Å². The van der Waals surface area contributed by atoms with Crippen molar-refractivity contribution in [3.8, 4) is 5.75 Å². The average Bonchev–Trinajstić information content (AvgIpc) is 2.29. The zero-order valence-electron chi connectivity index (χ0n) is 8.93. The van der Waals surface area contributed by atoms with Gasteiger partial charge in [0.2, 0.25) is 0 Å². The number of ether oxygens (including phenoxy) is 1. The van der Waals surface area contributed by atoms with E-state index in [1.165, 1.54) is 13.2 Å². The van der Waals surface area contributed by atoms with Gasteiger partial charge in [-0.15, -0.1) is 0 Å². The first-order valence-corrected chi connectivity index (χ1v) is 4.72. The van der Waals surface area contributed by atoms with Gasteiger partial charge in [0.15, 0.2) is 0 Å². The zero-order chi connectivity index (χ0) is 11.7. The Balaban J connectivity index is 2.90. The van der Waals surface area contributed by atoms with Crippen LogP contribution in [0, 0.1) is 17.0 Å². The van der Waals surface area contributed by atoms with Crippen molar-refractivity contribution in [1.29, 1.82) is 0 Å². The highest BCUT2D eigenvalue weighted by atomic mass is 16.6. The molecular formula is C11H10N2O3. The van der Waals surface area contributed by atoms with Crippen LogP contribution in [-0.4, -0.2) is 17.0 Å². The minimum Gasteiger partial charge on any atom is -0.496 e. The van der Waals surface area contributed by atoms with Crippen LogP contribution in [0.3, 0.4) is 0 Å². The van der Waals surface area contributed by atoms with Gasteiger partial charge in [-0.2, -0.15) is 0 Å². The predicted octanol–water partition coefficient (Wildman–Crippen LogP) is 2.46. The molecule has 2 rings (SSSR count). The summed E-state index contributed by atoms with van der Waals surface area (Å²) in [6.45, 7) is 1.85. The molecule has 0 saturated heterocycles. The van der Waals surface area contributed by atoms with E-state index in [1.54, 1.807) is 18.3 Å². The maximum absolute atomic E-state index is 10.9. The van der Waals surface area contributed by atoms with Gasteiger partial charge in [-0.1, -0.05) is 6.07 Å². The summed E-state index contributed by atoms with van der Waals surface area (Å²) in [5.74, 6) is 0.507. The average molecular weight is 218 g/mol. The number of nitro groups is 1. The number of fused-ring (bicyclic) bond motifs is 1. The van der Waals surface area contributed by atoms with Crippen molar-refractivity contribution in [2.24, 2.45) is 0 Å². The first-order valence-electron chi connectivity index (χ1n) is 4.72. The molecule has 1 aromatic carbocycles. The summed E-state index contributed by atoms with van der Waals surface area (Å²) in [4.78, 5) is 14.5. The van der Waals surface area contributed by atoms with Gasteiger partial charge in [0.1, 0.15) is 11.3 Å².